The van der Waals surface area contributed by atoms with Crippen LogP contribution < -0.4 is 0 Å². The zero-order valence-corrected chi connectivity index (χ0v) is 8.27. The van der Waals surface area contributed by atoms with Crippen molar-refractivity contribution in [2.75, 3.05) is 7.05 Å². The zero-order chi connectivity index (χ0) is 10.7. The van der Waals surface area contributed by atoms with E-state index in [2.05, 4.69) is 20.2 Å². The summed E-state index contributed by atoms with van der Waals surface area (Å²) in [4.78, 5) is 20.0. The van der Waals surface area contributed by atoms with E-state index in [9.17, 15) is 4.79 Å². The highest BCUT2D eigenvalue weighted by atomic mass is 16.2. The van der Waals surface area contributed by atoms with E-state index in [1.165, 1.54) is 0 Å². The van der Waals surface area contributed by atoms with Gasteiger partial charge in [0.25, 0.3) is 5.91 Å². The molecule has 0 saturated heterocycles. The van der Waals surface area contributed by atoms with Crippen molar-refractivity contribution in [2.45, 2.75) is 6.54 Å². The van der Waals surface area contributed by atoms with Gasteiger partial charge in [-0.1, -0.05) is 0 Å². The Morgan fingerprint density at radius 2 is 2.40 bits per heavy atom. The number of rotatable bonds is 3. The van der Waals surface area contributed by atoms with Crippen LogP contribution in [-0.4, -0.2) is 38.0 Å². The van der Waals surface area contributed by atoms with E-state index in [4.69, 9.17) is 0 Å². The summed E-state index contributed by atoms with van der Waals surface area (Å²) in [6, 6.07) is 1.83. The van der Waals surface area contributed by atoms with E-state index >= 15 is 0 Å². The number of imidazole rings is 1. The molecule has 2 rings (SSSR count). The molecule has 0 aromatic carbocycles. The van der Waals surface area contributed by atoms with Gasteiger partial charge in [0.2, 0.25) is 0 Å². The van der Waals surface area contributed by atoms with Crippen LogP contribution in [0.25, 0.3) is 0 Å². The van der Waals surface area contributed by atoms with Crippen LogP contribution >= 0.6 is 0 Å². The summed E-state index contributed by atoms with van der Waals surface area (Å²) in [7, 11) is 1.71. The smallest absolute Gasteiger partial charge is 0.289 e. The van der Waals surface area contributed by atoms with E-state index < -0.39 is 0 Å². The molecule has 2 aromatic rings. The Morgan fingerprint density at radius 1 is 1.53 bits per heavy atom. The normalized spacial score (nSPS) is 10.2. The van der Waals surface area contributed by atoms with Crippen molar-refractivity contribution in [3.05, 3.63) is 36.2 Å². The summed E-state index contributed by atoms with van der Waals surface area (Å²) in [5.41, 5.74) is 0.886. The van der Waals surface area contributed by atoms with Crippen molar-refractivity contribution in [2.24, 2.45) is 0 Å². The van der Waals surface area contributed by atoms with Crippen molar-refractivity contribution >= 4 is 5.91 Å². The van der Waals surface area contributed by atoms with Gasteiger partial charge in [-0.05, 0) is 6.07 Å². The third-order valence-corrected chi connectivity index (χ3v) is 2.01. The molecule has 1 amide bonds. The topological polar surface area (TPSA) is 77.7 Å². The van der Waals surface area contributed by atoms with Gasteiger partial charge in [-0.3, -0.25) is 9.89 Å². The monoisotopic (exact) mass is 205 g/mol. The Balaban J connectivity index is 2.03. The third-order valence-electron chi connectivity index (χ3n) is 2.01. The van der Waals surface area contributed by atoms with Gasteiger partial charge in [0.15, 0.2) is 5.82 Å². The molecule has 6 heteroatoms. The summed E-state index contributed by atoms with van der Waals surface area (Å²) in [6.45, 7) is 0.486. The number of aromatic amines is 2. The Labute approximate surface area is 86.3 Å². The van der Waals surface area contributed by atoms with Crippen molar-refractivity contribution in [3.63, 3.8) is 0 Å². The second-order valence-corrected chi connectivity index (χ2v) is 3.18. The standard InChI is InChI=1S/C9H11N5O/c1-14(6-7-2-3-12-13-7)9(15)8-10-4-5-11-8/h2-5H,6H2,1H3,(H,10,11)(H,12,13). The highest BCUT2D eigenvalue weighted by Crippen LogP contribution is 2.02. The number of amides is 1. The summed E-state index contributed by atoms with van der Waals surface area (Å²) < 4.78 is 0. The fourth-order valence-electron chi connectivity index (χ4n) is 1.26. The molecule has 2 aromatic heterocycles. The fourth-order valence-corrected chi connectivity index (χ4v) is 1.26. The van der Waals surface area contributed by atoms with Crippen LogP contribution in [0.3, 0.4) is 0 Å². The molecule has 2 heterocycles. The van der Waals surface area contributed by atoms with Gasteiger partial charge in [0.1, 0.15) is 0 Å². The van der Waals surface area contributed by atoms with Crippen LogP contribution in [0.2, 0.25) is 0 Å². The van der Waals surface area contributed by atoms with E-state index in [-0.39, 0.29) is 5.91 Å². The lowest BCUT2D eigenvalue weighted by Gasteiger charge is -2.13. The third kappa shape index (κ3) is 2.04. The SMILES string of the molecule is CN(Cc1ccn[nH]1)C(=O)c1ncc[nH]1. The molecule has 0 bridgehead atoms. The predicted octanol–water partition coefficient (Wildman–Crippen LogP) is 0.405. The summed E-state index contributed by atoms with van der Waals surface area (Å²) in [6.07, 6.45) is 4.83. The summed E-state index contributed by atoms with van der Waals surface area (Å²) in [5.74, 6) is 0.201. The van der Waals surface area contributed by atoms with Gasteiger partial charge in [-0.15, -0.1) is 0 Å². The summed E-state index contributed by atoms with van der Waals surface area (Å²) in [5, 5.41) is 6.60. The number of hydrogen-bond donors (Lipinski definition) is 2. The Bertz CT molecular complexity index is 419. The zero-order valence-electron chi connectivity index (χ0n) is 8.27. The maximum Gasteiger partial charge on any atom is 0.289 e. The molecule has 0 saturated carbocycles. The minimum Gasteiger partial charge on any atom is -0.341 e. The van der Waals surface area contributed by atoms with Gasteiger partial charge in [0, 0.05) is 25.6 Å². The highest BCUT2D eigenvalue weighted by Gasteiger charge is 2.14. The average molecular weight is 205 g/mol. The minimum atomic E-state index is -0.144. The average Bonchev–Trinajstić information content (AvgIpc) is 2.88. The minimum absolute atomic E-state index is 0.144. The van der Waals surface area contributed by atoms with Gasteiger partial charge in [-0.25, -0.2) is 4.98 Å². The van der Waals surface area contributed by atoms with Gasteiger partial charge < -0.3 is 9.88 Å². The number of H-pyrrole nitrogens is 2. The van der Waals surface area contributed by atoms with Crippen molar-refractivity contribution < 1.29 is 4.79 Å². The van der Waals surface area contributed by atoms with Gasteiger partial charge >= 0.3 is 0 Å². The van der Waals surface area contributed by atoms with E-state index in [0.29, 0.717) is 12.4 Å². The highest BCUT2D eigenvalue weighted by molar-refractivity contribution is 5.90. The molecule has 0 aliphatic heterocycles. The van der Waals surface area contributed by atoms with Crippen LogP contribution in [0.1, 0.15) is 16.3 Å². The van der Waals surface area contributed by atoms with E-state index in [0.717, 1.165) is 5.69 Å². The number of carbonyl (C=O) groups is 1. The first-order valence-corrected chi connectivity index (χ1v) is 4.50. The number of nitrogens with zero attached hydrogens (tertiary/aromatic N) is 3. The van der Waals surface area contributed by atoms with Gasteiger partial charge in [0.05, 0.1) is 12.2 Å². The molecule has 0 atom stereocenters. The summed E-state index contributed by atoms with van der Waals surface area (Å²) >= 11 is 0. The number of hydrogen-bond acceptors (Lipinski definition) is 3. The van der Waals surface area contributed by atoms with Crippen molar-refractivity contribution in [3.8, 4) is 0 Å². The first kappa shape index (κ1) is 9.45. The molecular formula is C9H11N5O. The second-order valence-electron chi connectivity index (χ2n) is 3.18. The second kappa shape index (κ2) is 3.95. The molecular weight excluding hydrogens is 194 g/mol. The molecule has 2 N–H and O–H groups in total. The lowest BCUT2D eigenvalue weighted by molar-refractivity contribution is 0.0772. The Kier molecular flexibility index (Phi) is 2.49. The lowest BCUT2D eigenvalue weighted by Crippen LogP contribution is -2.27. The first-order chi connectivity index (χ1) is 7.27. The number of nitrogens with one attached hydrogen (secondary N) is 2. The lowest BCUT2D eigenvalue weighted by atomic mass is 10.4. The van der Waals surface area contributed by atoms with Crippen LogP contribution in [0.5, 0.6) is 0 Å². The van der Waals surface area contributed by atoms with Crippen LogP contribution in [0, 0.1) is 0 Å². The molecule has 6 nitrogen and oxygen atoms in total. The maximum atomic E-state index is 11.7. The molecule has 0 radical (unpaired) electrons. The number of aromatic nitrogens is 4. The van der Waals surface area contributed by atoms with Crippen LogP contribution in [0.4, 0.5) is 0 Å². The van der Waals surface area contributed by atoms with Crippen molar-refractivity contribution in [1.29, 1.82) is 0 Å². The number of carbonyl (C=O) groups excluding carboxylic acids is 1. The van der Waals surface area contributed by atoms with Crippen LogP contribution in [0.15, 0.2) is 24.7 Å². The fraction of sp³-hybridized carbons (Fsp3) is 0.222. The maximum absolute atomic E-state index is 11.7. The molecule has 15 heavy (non-hydrogen) atoms. The molecule has 0 spiro atoms. The first-order valence-electron chi connectivity index (χ1n) is 4.50. The molecule has 0 fully saturated rings. The van der Waals surface area contributed by atoms with E-state index in [1.54, 1.807) is 30.5 Å². The largest absolute Gasteiger partial charge is 0.341 e. The molecule has 0 aliphatic carbocycles. The predicted molar refractivity (Wildman–Crippen MR) is 53.0 cm³/mol. The van der Waals surface area contributed by atoms with Crippen molar-refractivity contribution in [1.82, 2.24) is 25.1 Å². The molecule has 0 unspecified atom stereocenters. The van der Waals surface area contributed by atoms with Crippen LogP contribution in [-0.2, 0) is 6.54 Å². The van der Waals surface area contributed by atoms with E-state index in [1.807, 2.05) is 6.07 Å². The molecule has 0 aliphatic rings. The Morgan fingerprint density at radius 3 is 3.00 bits per heavy atom. The Hall–Kier alpha value is -2.11. The van der Waals surface area contributed by atoms with Gasteiger partial charge in [-0.2, -0.15) is 5.10 Å². The quantitative estimate of drug-likeness (QED) is 0.761. The molecule has 78 valence electrons.